The molecule has 3 heteroatoms. The monoisotopic (exact) mass is 194 g/mol. The predicted molar refractivity (Wildman–Crippen MR) is 53.8 cm³/mol. The molecule has 0 saturated carbocycles. The van der Waals surface area contributed by atoms with Crippen molar-refractivity contribution in [3.8, 4) is 0 Å². The molecule has 2 rings (SSSR count). The molecule has 2 aliphatic rings. The van der Waals surface area contributed by atoms with Gasteiger partial charge in [-0.25, -0.2) is 0 Å². The highest BCUT2D eigenvalue weighted by molar-refractivity contribution is 6.02. The van der Waals surface area contributed by atoms with E-state index in [2.05, 4.69) is 0 Å². The second kappa shape index (κ2) is 4.65. The summed E-state index contributed by atoms with van der Waals surface area (Å²) in [5.41, 5.74) is 0.593. The van der Waals surface area contributed by atoms with Crippen LogP contribution in [0.5, 0.6) is 0 Å². The highest BCUT2D eigenvalue weighted by atomic mass is 16.5. The number of carbonyl (C=O) groups excluding carboxylic acids is 1. The van der Waals surface area contributed by atoms with Gasteiger partial charge in [-0.15, -0.1) is 0 Å². The van der Waals surface area contributed by atoms with Crippen LogP contribution < -0.4 is 0 Å². The molecule has 0 spiro atoms. The fourth-order valence-corrected chi connectivity index (χ4v) is 1.24. The number of rotatable bonds is 0. The first-order valence-corrected chi connectivity index (χ1v) is 4.74. The molecule has 1 heterocycles. The number of hydrogen-bond acceptors (Lipinski definition) is 3. The highest BCUT2D eigenvalue weighted by Crippen LogP contribution is 2.24. The average molecular weight is 194 g/mol. The van der Waals surface area contributed by atoms with Crippen molar-refractivity contribution in [2.45, 2.75) is 20.3 Å². The maximum atomic E-state index is 11.1. The molecule has 0 atom stereocenters. The first-order valence-electron chi connectivity index (χ1n) is 4.74. The van der Waals surface area contributed by atoms with Crippen LogP contribution in [-0.2, 0) is 9.53 Å². The molecule has 1 aliphatic heterocycles. The second-order valence-electron chi connectivity index (χ2n) is 2.72. The number of Topliss-reactive ketones (excluding diaryl/α,β-unsaturated/α-hetero) is 1. The largest absolute Gasteiger partial charge is 0.512 e. The molecule has 1 saturated heterocycles. The van der Waals surface area contributed by atoms with Crippen LogP contribution in [0.25, 0.3) is 0 Å². The Hall–Kier alpha value is -1.51. The van der Waals surface area contributed by atoms with Gasteiger partial charge in [-0.05, 0) is 12.2 Å². The minimum Gasteiger partial charge on any atom is -0.512 e. The summed E-state index contributed by atoms with van der Waals surface area (Å²) in [7, 11) is 0. The zero-order chi connectivity index (χ0) is 10.6. The van der Waals surface area contributed by atoms with E-state index >= 15 is 0 Å². The first kappa shape index (κ1) is 10.6. The Morgan fingerprint density at radius 2 is 2.07 bits per heavy atom. The molecular weight excluding hydrogens is 180 g/mol. The quantitative estimate of drug-likeness (QED) is 0.643. The van der Waals surface area contributed by atoms with E-state index in [0.29, 0.717) is 17.8 Å². The summed E-state index contributed by atoms with van der Waals surface area (Å²) in [5.74, 6) is 0.814. The molecule has 0 amide bonds. The Morgan fingerprint density at radius 3 is 2.79 bits per heavy atom. The van der Waals surface area contributed by atoms with E-state index < -0.39 is 0 Å². The molecule has 0 aromatic rings. The zero-order valence-electron chi connectivity index (χ0n) is 8.41. The Balaban J connectivity index is 0.000000461. The molecule has 0 aromatic heterocycles. The van der Waals surface area contributed by atoms with Crippen molar-refractivity contribution in [2.24, 2.45) is 0 Å². The van der Waals surface area contributed by atoms with Crippen LogP contribution in [0.15, 0.2) is 35.3 Å². The Kier molecular flexibility index (Phi) is 3.51. The Labute approximate surface area is 83.4 Å². The third-order valence-electron chi connectivity index (χ3n) is 1.87. The number of allylic oxidation sites excluding steroid dienone is 4. The van der Waals surface area contributed by atoms with Crippen LogP contribution in [-0.4, -0.2) is 17.5 Å². The topological polar surface area (TPSA) is 46.5 Å². The first-order chi connectivity index (χ1) is 6.77. The number of aliphatic hydroxyl groups is 1. The number of aliphatic hydroxyl groups excluding tert-OH is 1. The number of ether oxygens (including phenoxy) is 1. The van der Waals surface area contributed by atoms with E-state index in [4.69, 9.17) is 9.84 Å². The van der Waals surface area contributed by atoms with Crippen molar-refractivity contribution in [1.29, 1.82) is 0 Å². The van der Waals surface area contributed by atoms with Crippen molar-refractivity contribution in [3.05, 3.63) is 35.3 Å². The lowest BCUT2D eigenvalue weighted by atomic mass is 10.1. The lowest BCUT2D eigenvalue weighted by Gasteiger charge is -1.92. The molecule has 1 N–H and O–H groups in total. The van der Waals surface area contributed by atoms with E-state index in [1.807, 2.05) is 13.8 Å². The molecule has 3 nitrogen and oxygen atoms in total. The maximum Gasteiger partial charge on any atom is 0.203 e. The van der Waals surface area contributed by atoms with Gasteiger partial charge < -0.3 is 9.84 Å². The van der Waals surface area contributed by atoms with E-state index in [0.717, 1.165) is 0 Å². The molecule has 1 fully saturated rings. The minimum atomic E-state index is -0.00986. The fraction of sp³-hybridized carbons (Fsp3) is 0.364. The van der Waals surface area contributed by atoms with E-state index in [1.54, 1.807) is 18.2 Å². The SMILES string of the molecule is CC.O=C1COC2=CC=C(O)CC=C12. The molecule has 0 unspecified atom stereocenters. The van der Waals surface area contributed by atoms with Gasteiger partial charge >= 0.3 is 0 Å². The summed E-state index contributed by atoms with van der Waals surface area (Å²) < 4.78 is 5.09. The number of fused-ring (bicyclic) bond motifs is 1. The maximum absolute atomic E-state index is 11.1. The Morgan fingerprint density at radius 1 is 1.36 bits per heavy atom. The number of carbonyl (C=O) groups is 1. The molecular formula is C11H14O3. The van der Waals surface area contributed by atoms with Crippen LogP contribution in [0.3, 0.4) is 0 Å². The van der Waals surface area contributed by atoms with Gasteiger partial charge in [-0.1, -0.05) is 19.9 Å². The van der Waals surface area contributed by atoms with E-state index in [9.17, 15) is 4.79 Å². The van der Waals surface area contributed by atoms with Crippen molar-refractivity contribution < 1.29 is 14.6 Å². The number of ketones is 1. The molecule has 1 aliphatic carbocycles. The predicted octanol–water partition coefficient (Wildman–Crippen LogP) is 2.27. The molecule has 14 heavy (non-hydrogen) atoms. The van der Waals surface area contributed by atoms with E-state index in [-0.39, 0.29) is 18.1 Å². The molecule has 0 aromatic carbocycles. The van der Waals surface area contributed by atoms with Crippen LogP contribution >= 0.6 is 0 Å². The summed E-state index contributed by atoms with van der Waals surface area (Å²) in [6.45, 7) is 4.13. The van der Waals surface area contributed by atoms with Crippen LogP contribution in [0.1, 0.15) is 20.3 Å². The van der Waals surface area contributed by atoms with Crippen molar-refractivity contribution >= 4 is 5.78 Å². The van der Waals surface area contributed by atoms with Crippen molar-refractivity contribution in [3.63, 3.8) is 0 Å². The lowest BCUT2D eigenvalue weighted by Crippen LogP contribution is -1.96. The molecule has 0 bridgehead atoms. The summed E-state index contributed by atoms with van der Waals surface area (Å²) in [6.07, 6.45) is 5.28. The smallest absolute Gasteiger partial charge is 0.203 e. The molecule has 76 valence electrons. The third-order valence-corrected chi connectivity index (χ3v) is 1.87. The third kappa shape index (κ3) is 2.05. The minimum absolute atomic E-state index is 0.00986. The average Bonchev–Trinajstić information content (AvgIpc) is 2.45. The fourth-order valence-electron chi connectivity index (χ4n) is 1.24. The van der Waals surface area contributed by atoms with E-state index in [1.165, 1.54) is 0 Å². The second-order valence-corrected chi connectivity index (χ2v) is 2.72. The normalized spacial score (nSPS) is 19.0. The van der Waals surface area contributed by atoms with Crippen LogP contribution in [0.4, 0.5) is 0 Å². The van der Waals surface area contributed by atoms with Gasteiger partial charge in [0.2, 0.25) is 5.78 Å². The van der Waals surface area contributed by atoms with Gasteiger partial charge in [0.05, 0.1) is 11.3 Å². The van der Waals surface area contributed by atoms with Gasteiger partial charge in [0, 0.05) is 6.42 Å². The van der Waals surface area contributed by atoms with Gasteiger partial charge in [0.25, 0.3) is 0 Å². The zero-order valence-corrected chi connectivity index (χ0v) is 8.41. The van der Waals surface area contributed by atoms with Gasteiger partial charge in [-0.2, -0.15) is 0 Å². The lowest BCUT2D eigenvalue weighted by molar-refractivity contribution is -0.115. The summed E-state index contributed by atoms with van der Waals surface area (Å²) >= 11 is 0. The van der Waals surface area contributed by atoms with Gasteiger partial charge in [-0.3, -0.25) is 4.79 Å². The standard InChI is InChI=1S/C9H8O3.C2H6/c10-6-1-3-7-8(11)5-12-9(7)4-2-6;1-2/h2-4,10H,1,5H2;1-2H3. The summed E-state index contributed by atoms with van der Waals surface area (Å²) in [4.78, 5) is 11.1. The van der Waals surface area contributed by atoms with Gasteiger partial charge in [0.1, 0.15) is 5.76 Å². The number of hydrogen-bond donors (Lipinski definition) is 1. The van der Waals surface area contributed by atoms with Gasteiger partial charge in [0.15, 0.2) is 6.61 Å². The highest BCUT2D eigenvalue weighted by Gasteiger charge is 2.24. The Bertz CT molecular complexity index is 321. The van der Waals surface area contributed by atoms with Crippen molar-refractivity contribution in [2.75, 3.05) is 6.61 Å². The summed E-state index contributed by atoms with van der Waals surface area (Å²) in [6, 6.07) is 0. The summed E-state index contributed by atoms with van der Waals surface area (Å²) in [5, 5.41) is 9.14. The van der Waals surface area contributed by atoms with Crippen molar-refractivity contribution in [1.82, 2.24) is 0 Å². The van der Waals surface area contributed by atoms with Crippen LogP contribution in [0.2, 0.25) is 0 Å². The molecule has 0 radical (unpaired) electrons. The van der Waals surface area contributed by atoms with Crippen LogP contribution in [0, 0.1) is 0 Å².